The first-order valence-electron chi connectivity index (χ1n) is 11.5. The average molecular weight is 433 g/mol. The molecule has 1 saturated heterocycles. The van der Waals surface area contributed by atoms with Crippen LogP contribution in [-0.2, 0) is 17.8 Å². The lowest BCUT2D eigenvalue weighted by Crippen LogP contribution is -2.43. The van der Waals surface area contributed by atoms with Gasteiger partial charge in [-0.25, -0.2) is 0 Å². The number of carbonyl (C=O) groups is 1. The number of piperidine rings is 1. The fourth-order valence-electron chi connectivity index (χ4n) is 4.26. The molecule has 2 heterocycles. The number of likely N-dealkylation sites (tertiary alicyclic amines) is 1. The normalized spacial score (nSPS) is 16.8. The molecule has 0 radical (unpaired) electrons. The number of hydrogen-bond donors (Lipinski definition) is 1. The van der Waals surface area contributed by atoms with Crippen LogP contribution in [0.1, 0.15) is 41.8 Å². The van der Waals surface area contributed by atoms with Crippen molar-refractivity contribution in [3.63, 3.8) is 0 Å². The summed E-state index contributed by atoms with van der Waals surface area (Å²) in [5.74, 6) is 1.38. The van der Waals surface area contributed by atoms with E-state index in [9.17, 15) is 4.79 Å². The van der Waals surface area contributed by atoms with Crippen LogP contribution in [0, 0.1) is 19.8 Å². The van der Waals surface area contributed by atoms with Crippen molar-refractivity contribution in [1.29, 1.82) is 0 Å². The Kier molecular flexibility index (Phi) is 7.32. The molecule has 4 rings (SSSR count). The largest absolute Gasteiger partial charge is 0.356 e. The lowest BCUT2D eigenvalue weighted by atomic mass is 9.97. The molecule has 1 N–H and O–H groups in total. The average Bonchev–Trinajstić information content (AvgIpc) is 3.26. The maximum Gasteiger partial charge on any atom is 0.241 e. The maximum atomic E-state index is 12.7. The summed E-state index contributed by atoms with van der Waals surface area (Å²) in [7, 11) is 0. The molecule has 168 valence electrons. The quantitative estimate of drug-likeness (QED) is 0.537. The zero-order valence-electron chi connectivity index (χ0n) is 19.0. The summed E-state index contributed by atoms with van der Waals surface area (Å²) in [4.78, 5) is 19.5. The van der Waals surface area contributed by atoms with Gasteiger partial charge in [-0.1, -0.05) is 64.8 Å². The van der Waals surface area contributed by atoms with Crippen LogP contribution in [0.5, 0.6) is 0 Å². The third kappa shape index (κ3) is 6.04. The zero-order valence-corrected chi connectivity index (χ0v) is 19.0. The minimum atomic E-state index is 0.0159. The van der Waals surface area contributed by atoms with Crippen molar-refractivity contribution in [3.05, 3.63) is 71.1 Å². The molecule has 1 amide bonds. The highest BCUT2D eigenvalue weighted by atomic mass is 16.5. The minimum Gasteiger partial charge on any atom is -0.356 e. The van der Waals surface area contributed by atoms with Gasteiger partial charge in [-0.2, -0.15) is 4.98 Å². The van der Waals surface area contributed by atoms with E-state index in [1.54, 1.807) is 0 Å². The molecule has 1 fully saturated rings. The third-order valence-electron chi connectivity index (χ3n) is 6.04. The minimum absolute atomic E-state index is 0.0159. The van der Waals surface area contributed by atoms with E-state index >= 15 is 0 Å². The van der Waals surface area contributed by atoms with Crippen molar-refractivity contribution >= 4 is 5.91 Å². The number of benzene rings is 2. The van der Waals surface area contributed by atoms with E-state index < -0.39 is 0 Å². The molecule has 0 saturated carbocycles. The number of aromatic nitrogens is 2. The third-order valence-corrected chi connectivity index (χ3v) is 6.04. The summed E-state index contributed by atoms with van der Waals surface area (Å²) in [5, 5.41) is 7.26. The van der Waals surface area contributed by atoms with Gasteiger partial charge in [0, 0.05) is 18.7 Å². The molecule has 1 unspecified atom stereocenters. The van der Waals surface area contributed by atoms with Gasteiger partial charge in [0.2, 0.25) is 17.6 Å². The van der Waals surface area contributed by atoms with Crippen molar-refractivity contribution in [2.45, 2.75) is 46.1 Å². The predicted octanol–water partition coefficient (Wildman–Crippen LogP) is 4.31. The number of carbonyl (C=O) groups excluding carboxylic acids is 1. The van der Waals surface area contributed by atoms with Gasteiger partial charge in [-0.15, -0.1) is 0 Å². The molecule has 6 heteroatoms. The lowest BCUT2D eigenvalue weighted by molar-refractivity contribution is -0.126. The van der Waals surface area contributed by atoms with Crippen molar-refractivity contribution in [2.24, 2.45) is 5.92 Å². The second-order valence-corrected chi connectivity index (χ2v) is 8.84. The van der Waals surface area contributed by atoms with E-state index in [0.29, 0.717) is 24.8 Å². The molecule has 1 aliphatic heterocycles. The van der Waals surface area contributed by atoms with Gasteiger partial charge in [0.05, 0.1) is 12.5 Å². The Balaban J connectivity index is 1.23. The van der Waals surface area contributed by atoms with E-state index in [4.69, 9.17) is 4.52 Å². The highest BCUT2D eigenvalue weighted by Crippen LogP contribution is 2.21. The molecule has 1 aliphatic rings. The molecule has 0 aliphatic carbocycles. The first kappa shape index (κ1) is 22.2. The Morgan fingerprint density at radius 1 is 1.16 bits per heavy atom. The zero-order chi connectivity index (χ0) is 22.3. The molecule has 0 spiro atoms. The van der Waals surface area contributed by atoms with E-state index in [1.807, 2.05) is 24.3 Å². The highest BCUT2D eigenvalue weighted by Gasteiger charge is 2.26. The van der Waals surface area contributed by atoms with Crippen LogP contribution in [-0.4, -0.2) is 40.6 Å². The highest BCUT2D eigenvalue weighted by molar-refractivity contribution is 5.78. The van der Waals surface area contributed by atoms with Crippen LogP contribution in [0.4, 0.5) is 0 Å². The second-order valence-electron chi connectivity index (χ2n) is 8.84. The van der Waals surface area contributed by atoms with Crippen LogP contribution >= 0.6 is 0 Å². The summed E-state index contributed by atoms with van der Waals surface area (Å²) in [6, 6.07) is 16.7. The van der Waals surface area contributed by atoms with Crippen LogP contribution in [0.15, 0.2) is 53.1 Å². The van der Waals surface area contributed by atoms with E-state index in [0.717, 1.165) is 44.3 Å². The SMILES string of the molecule is Cc1ccc(-c2noc(CN3CCCC(C(=O)NCCCc4cccc(C)c4)C3)n2)cc1. The maximum absolute atomic E-state index is 12.7. The van der Waals surface area contributed by atoms with Crippen molar-refractivity contribution < 1.29 is 9.32 Å². The molecular formula is C26H32N4O2. The van der Waals surface area contributed by atoms with Gasteiger partial charge in [0.15, 0.2) is 0 Å². The van der Waals surface area contributed by atoms with E-state index in [-0.39, 0.29) is 11.8 Å². The second kappa shape index (κ2) is 10.6. The van der Waals surface area contributed by atoms with Gasteiger partial charge in [-0.05, 0) is 51.6 Å². The fraction of sp³-hybridized carbons (Fsp3) is 0.423. The summed E-state index contributed by atoms with van der Waals surface area (Å²) in [5.41, 5.74) is 4.76. The Hall–Kier alpha value is -2.99. The number of rotatable bonds is 8. The van der Waals surface area contributed by atoms with Gasteiger partial charge in [-0.3, -0.25) is 9.69 Å². The summed E-state index contributed by atoms with van der Waals surface area (Å²) < 4.78 is 5.47. The number of nitrogens with zero attached hydrogens (tertiary/aromatic N) is 3. The Bertz CT molecular complexity index is 1030. The van der Waals surface area contributed by atoms with Crippen LogP contribution in [0.25, 0.3) is 11.4 Å². The smallest absolute Gasteiger partial charge is 0.241 e. The molecule has 3 aromatic rings. The van der Waals surface area contributed by atoms with Gasteiger partial charge in [0.1, 0.15) is 0 Å². The fourth-order valence-corrected chi connectivity index (χ4v) is 4.26. The summed E-state index contributed by atoms with van der Waals surface area (Å²) in [6.45, 7) is 7.13. The molecule has 1 aromatic heterocycles. The Morgan fingerprint density at radius 3 is 2.81 bits per heavy atom. The number of nitrogens with one attached hydrogen (secondary N) is 1. The monoisotopic (exact) mass is 432 g/mol. The van der Waals surface area contributed by atoms with Crippen molar-refractivity contribution in [1.82, 2.24) is 20.4 Å². The molecule has 32 heavy (non-hydrogen) atoms. The molecular weight excluding hydrogens is 400 g/mol. The van der Waals surface area contributed by atoms with E-state index in [1.165, 1.54) is 16.7 Å². The van der Waals surface area contributed by atoms with Crippen LogP contribution in [0.2, 0.25) is 0 Å². The lowest BCUT2D eigenvalue weighted by Gasteiger charge is -2.30. The summed E-state index contributed by atoms with van der Waals surface area (Å²) >= 11 is 0. The Morgan fingerprint density at radius 2 is 2.00 bits per heavy atom. The standard InChI is InChI=1S/C26H32N4O2/c1-19-10-12-22(13-11-19)25-28-24(32-29-25)18-30-15-5-9-23(17-30)26(31)27-14-4-8-21-7-3-6-20(2)16-21/h3,6-7,10-13,16,23H,4-5,8-9,14-15,17-18H2,1-2H3,(H,27,31). The Labute approximate surface area is 190 Å². The van der Waals surface area contributed by atoms with Gasteiger partial charge in [0.25, 0.3) is 0 Å². The number of aryl methyl sites for hydroxylation is 3. The van der Waals surface area contributed by atoms with Gasteiger partial charge < -0.3 is 9.84 Å². The molecule has 6 nitrogen and oxygen atoms in total. The van der Waals surface area contributed by atoms with Crippen molar-refractivity contribution in [2.75, 3.05) is 19.6 Å². The molecule has 2 aromatic carbocycles. The first-order chi connectivity index (χ1) is 15.6. The predicted molar refractivity (Wildman–Crippen MR) is 125 cm³/mol. The van der Waals surface area contributed by atoms with Crippen LogP contribution in [0.3, 0.4) is 0 Å². The molecule has 0 bridgehead atoms. The topological polar surface area (TPSA) is 71.3 Å². The van der Waals surface area contributed by atoms with Crippen molar-refractivity contribution in [3.8, 4) is 11.4 Å². The number of hydrogen-bond acceptors (Lipinski definition) is 5. The van der Waals surface area contributed by atoms with Gasteiger partial charge >= 0.3 is 0 Å². The molecule has 1 atom stereocenters. The number of amides is 1. The first-order valence-corrected chi connectivity index (χ1v) is 11.5. The van der Waals surface area contributed by atoms with E-state index in [2.05, 4.69) is 58.5 Å². The summed E-state index contributed by atoms with van der Waals surface area (Å²) in [6.07, 6.45) is 3.87. The van der Waals surface area contributed by atoms with Crippen LogP contribution < -0.4 is 5.32 Å².